The molecule has 2 aliphatic heterocycles. The normalized spacial score (nSPS) is 28.1. The number of nitrogens with one attached hydrogen (secondary N) is 1. The lowest BCUT2D eigenvalue weighted by atomic mass is 9.80. The summed E-state index contributed by atoms with van der Waals surface area (Å²) in [6.07, 6.45) is 0.818. The summed E-state index contributed by atoms with van der Waals surface area (Å²) >= 11 is 3.35. The van der Waals surface area contributed by atoms with Gasteiger partial charge in [0.1, 0.15) is 11.3 Å². The van der Waals surface area contributed by atoms with Crippen LogP contribution in [-0.4, -0.2) is 33.5 Å². The number of hydrogen-bond donors (Lipinski definition) is 3. The summed E-state index contributed by atoms with van der Waals surface area (Å²) in [6.45, 7) is 3.42. The van der Waals surface area contributed by atoms with E-state index in [1.165, 1.54) is 13.0 Å². The zero-order valence-corrected chi connectivity index (χ0v) is 18.0. The van der Waals surface area contributed by atoms with E-state index in [0.29, 0.717) is 15.7 Å². The van der Waals surface area contributed by atoms with E-state index < -0.39 is 41.2 Å². The number of anilines is 1. The van der Waals surface area contributed by atoms with Crippen molar-refractivity contribution in [2.75, 3.05) is 4.90 Å². The molecule has 2 amide bonds. The number of halogens is 1. The van der Waals surface area contributed by atoms with Crippen molar-refractivity contribution in [3.8, 4) is 5.75 Å². The summed E-state index contributed by atoms with van der Waals surface area (Å²) in [5.41, 5.74) is 0.192. The molecule has 2 aliphatic rings. The molecule has 0 saturated carbocycles. The molecular weight excluding hydrogens is 452 g/mol. The molecule has 0 bridgehead atoms. The number of aliphatic carboxylic acids is 1. The predicted molar refractivity (Wildman–Crippen MR) is 113 cm³/mol. The quantitative estimate of drug-likeness (QED) is 0.590. The molecule has 0 radical (unpaired) electrons. The minimum atomic E-state index is -1.66. The Morgan fingerprint density at radius 2 is 1.83 bits per heavy atom. The Kier molecular flexibility index (Phi) is 4.94. The molecule has 2 aromatic rings. The Morgan fingerprint density at radius 3 is 2.43 bits per heavy atom. The molecule has 30 heavy (non-hydrogen) atoms. The van der Waals surface area contributed by atoms with Crippen molar-refractivity contribution in [1.82, 2.24) is 5.32 Å². The van der Waals surface area contributed by atoms with Gasteiger partial charge in [-0.15, -0.1) is 0 Å². The third-order valence-electron chi connectivity index (χ3n) is 6.16. The van der Waals surface area contributed by atoms with Crippen LogP contribution in [0.4, 0.5) is 5.69 Å². The molecule has 3 N–H and O–H groups in total. The Morgan fingerprint density at radius 1 is 1.17 bits per heavy atom. The first-order valence-electron chi connectivity index (χ1n) is 9.65. The van der Waals surface area contributed by atoms with Crippen molar-refractivity contribution in [2.45, 2.75) is 31.8 Å². The van der Waals surface area contributed by atoms with Gasteiger partial charge in [0.15, 0.2) is 0 Å². The number of carbonyl (C=O) groups excluding carboxylic acids is 2. The van der Waals surface area contributed by atoms with E-state index in [1.807, 2.05) is 19.1 Å². The van der Waals surface area contributed by atoms with Gasteiger partial charge in [0.2, 0.25) is 11.8 Å². The molecule has 4 rings (SSSR count). The standard InChI is InChI=1S/C22H21BrN2O5/c1-3-11-4-7-13(8-5-11)25-19(27)16-17(20(25)28)22(2,21(29)30)24-18(16)14-10-12(23)6-9-15(14)26/h4-10,16-18,24,26H,3H2,1-2H3,(H,29,30). The van der Waals surface area contributed by atoms with Crippen LogP contribution in [0.2, 0.25) is 0 Å². The zero-order chi connectivity index (χ0) is 21.8. The fourth-order valence-corrected chi connectivity index (χ4v) is 4.89. The topological polar surface area (TPSA) is 107 Å². The second-order valence-corrected chi connectivity index (χ2v) is 8.78. The summed E-state index contributed by atoms with van der Waals surface area (Å²) in [5.74, 6) is -4.38. The number of fused-ring (bicyclic) bond motifs is 1. The Bertz CT molecular complexity index is 1050. The van der Waals surface area contributed by atoms with Gasteiger partial charge < -0.3 is 10.2 Å². The number of carbonyl (C=O) groups is 3. The van der Waals surface area contributed by atoms with Gasteiger partial charge in [-0.2, -0.15) is 0 Å². The number of rotatable bonds is 4. The maximum absolute atomic E-state index is 13.4. The van der Waals surface area contributed by atoms with Gasteiger partial charge in [-0.1, -0.05) is 35.0 Å². The highest BCUT2D eigenvalue weighted by atomic mass is 79.9. The first-order valence-corrected chi connectivity index (χ1v) is 10.4. The molecule has 4 unspecified atom stereocenters. The number of imide groups is 1. The SMILES string of the molecule is CCc1ccc(N2C(=O)C3C(c4cc(Br)ccc4O)NC(C)(C(=O)O)C3C2=O)cc1. The number of carboxylic acids is 1. The molecule has 7 nitrogen and oxygen atoms in total. The van der Waals surface area contributed by atoms with E-state index >= 15 is 0 Å². The van der Waals surface area contributed by atoms with Gasteiger partial charge in [0.25, 0.3) is 0 Å². The van der Waals surface area contributed by atoms with E-state index in [9.17, 15) is 24.6 Å². The van der Waals surface area contributed by atoms with Crippen LogP contribution in [0.3, 0.4) is 0 Å². The van der Waals surface area contributed by atoms with Gasteiger partial charge in [-0.25, -0.2) is 4.90 Å². The number of benzene rings is 2. The summed E-state index contributed by atoms with van der Waals surface area (Å²) in [5, 5.41) is 23.3. The van der Waals surface area contributed by atoms with E-state index in [2.05, 4.69) is 21.2 Å². The Labute approximate surface area is 181 Å². The molecule has 8 heteroatoms. The first-order chi connectivity index (χ1) is 14.2. The number of aryl methyl sites for hydroxylation is 1. The smallest absolute Gasteiger partial charge is 0.324 e. The van der Waals surface area contributed by atoms with Crippen LogP contribution in [0.25, 0.3) is 0 Å². The summed E-state index contributed by atoms with van der Waals surface area (Å²) in [4.78, 5) is 40.0. The van der Waals surface area contributed by atoms with Crippen LogP contribution in [0.1, 0.15) is 31.0 Å². The largest absolute Gasteiger partial charge is 0.508 e. The zero-order valence-electron chi connectivity index (χ0n) is 16.4. The molecule has 0 spiro atoms. The minimum Gasteiger partial charge on any atom is -0.508 e. The second kappa shape index (κ2) is 7.21. The van der Waals surface area contributed by atoms with E-state index in [1.54, 1.807) is 24.3 Å². The van der Waals surface area contributed by atoms with Gasteiger partial charge in [-0.05, 0) is 49.2 Å². The molecule has 2 saturated heterocycles. The molecular formula is C22H21BrN2O5. The van der Waals surface area contributed by atoms with Crippen LogP contribution >= 0.6 is 15.9 Å². The van der Waals surface area contributed by atoms with Gasteiger partial charge in [0.05, 0.1) is 17.5 Å². The van der Waals surface area contributed by atoms with Crippen molar-refractivity contribution in [3.05, 3.63) is 58.1 Å². The molecule has 0 aliphatic carbocycles. The summed E-state index contributed by atoms with van der Waals surface area (Å²) in [6, 6.07) is 11.0. The predicted octanol–water partition coefficient (Wildman–Crippen LogP) is 3.01. The average molecular weight is 473 g/mol. The van der Waals surface area contributed by atoms with Crippen LogP contribution in [0.15, 0.2) is 46.9 Å². The number of phenols is 1. The highest BCUT2D eigenvalue weighted by Crippen LogP contribution is 2.51. The second-order valence-electron chi connectivity index (χ2n) is 7.87. The summed E-state index contributed by atoms with van der Waals surface area (Å²) < 4.78 is 0.668. The van der Waals surface area contributed by atoms with E-state index in [-0.39, 0.29) is 5.75 Å². The molecule has 2 heterocycles. The molecule has 2 aromatic carbocycles. The van der Waals surface area contributed by atoms with Crippen LogP contribution in [0, 0.1) is 11.8 Å². The molecule has 2 fully saturated rings. The third kappa shape index (κ3) is 2.94. The number of carboxylic acid groups (broad SMARTS) is 1. The maximum atomic E-state index is 13.4. The van der Waals surface area contributed by atoms with E-state index in [4.69, 9.17) is 0 Å². The fourth-order valence-electron chi connectivity index (χ4n) is 4.51. The monoisotopic (exact) mass is 472 g/mol. The van der Waals surface area contributed by atoms with Gasteiger partial charge in [0, 0.05) is 16.1 Å². The first kappa shape index (κ1) is 20.6. The Hall–Kier alpha value is -2.71. The highest BCUT2D eigenvalue weighted by Gasteiger charge is 2.67. The van der Waals surface area contributed by atoms with Crippen LogP contribution in [0.5, 0.6) is 5.75 Å². The lowest BCUT2D eigenvalue weighted by molar-refractivity contribution is -0.147. The van der Waals surface area contributed by atoms with Crippen molar-refractivity contribution in [2.24, 2.45) is 11.8 Å². The number of aromatic hydroxyl groups is 1. The van der Waals surface area contributed by atoms with Gasteiger partial charge >= 0.3 is 5.97 Å². The third-order valence-corrected chi connectivity index (χ3v) is 6.65. The Balaban J connectivity index is 1.83. The van der Waals surface area contributed by atoms with Crippen molar-refractivity contribution in [3.63, 3.8) is 0 Å². The molecule has 0 aromatic heterocycles. The number of amides is 2. The number of phenolic OH excluding ortho intramolecular Hbond substituents is 1. The summed E-state index contributed by atoms with van der Waals surface area (Å²) in [7, 11) is 0. The van der Waals surface area contributed by atoms with Gasteiger partial charge in [-0.3, -0.25) is 19.7 Å². The fraction of sp³-hybridized carbons (Fsp3) is 0.318. The van der Waals surface area contributed by atoms with Crippen molar-refractivity contribution < 1.29 is 24.6 Å². The van der Waals surface area contributed by atoms with Crippen LogP contribution < -0.4 is 10.2 Å². The molecule has 4 atom stereocenters. The highest BCUT2D eigenvalue weighted by molar-refractivity contribution is 9.10. The number of nitrogens with zero attached hydrogens (tertiary/aromatic N) is 1. The lowest BCUT2D eigenvalue weighted by Crippen LogP contribution is -2.53. The number of hydrogen-bond acceptors (Lipinski definition) is 5. The van der Waals surface area contributed by atoms with Crippen molar-refractivity contribution in [1.29, 1.82) is 0 Å². The lowest BCUT2D eigenvalue weighted by Gasteiger charge is -2.27. The molecule has 156 valence electrons. The maximum Gasteiger partial charge on any atom is 0.324 e. The van der Waals surface area contributed by atoms with Crippen LogP contribution in [-0.2, 0) is 20.8 Å². The van der Waals surface area contributed by atoms with Crippen molar-refractivity contribution >= 4 is 39.4 Å². The average Bonchev–Trinajstić information content (AvgIpc) is 3.18. The van der Waals surface area contributed by atoms with E-state index in [0.717, 1.165) is 16.9 Å². The minimum absolute atomic E-state index is 0.0740.